The largest absolute Gasteiger partial charge is 0.325 e. The van der Waals surface area contributed by atoms with Gasteiger partial charge in [-0.25, -0.2) is 0 Å². The Kier molecular flexibility index (Phi) is 4.71. The van der Waals surface area contributed by atoms with Crippen molar-refractivity contribution in [2.24, 2.45) is 0 Å². The molecule has 0 bridgehead atoms. The van der Waals surface area contributed by atoms with Crippen LogP contribution in [-0.2, 0) is 16.0 Å². The van der Waals surface area contributed by atoms with Crippen LogP contribution in [0.1, 0.15) is 24.5 Å². The van der Waals surface area contributed by atoms with Crippen LogP contribution in [0.25, 0.3) is 0 Å². The average molecular weight is 387 g/mol. The van der Waals surface area contributed by atoms with E-state index in [0.29, 0.717) is 0 Å². The lowest BCUT2D eigenvalue weighted by molar-refractivity contribution is -0.125. The number of rotatable bonds is 3. The highest BCUT2D eigenvalue weighted by atomic mass is 79.9. The predicted molar refractivity (Wildman–Crippen MR) is 99.2 cm³/mol. The van der Waals surface area contributed by atoms with E-state index >= 15 is 0 Å². The van der Waals surface area contributed by atoms with Crippen LogP contribution in [0.5, 0.6) is 0 Å². The van der Waals surface area contributed by atoms with Gasteiger partial charge in [0.05, 0.1) is 0 Å². The monoisotopic (exact) mass is 386 g/mol. The summed E-state index contributed by atoms with van der Waals surface area (Å²) in [4.78, 5) is 26.6. The van der Waals surface area contributed by atoms with E-state index in [9.17, 15) is 9.59 Å². The molecule has 0 aromatic heterocycles. The van der Waals surface area contributed by atoms with Crippen LogP contribution in [0.2, 0.25) is 0 Å². The van der Waals surface area contributed by atoms with E-state index in [1.165, 1.54) is 0 Å². The number of fused-ring (bicyclic) bond motifs is 1. The molecule has 1 aliphatic rings. The van der Waals surface area contributed by atoms with Crippen LogP contribution in [-0.4, -0.2) is 17.9 Å². The van der Waals surface area contributed by atoms with Gasteiger partial charge in [0.15, 0.2) is 0 Å². The minimum absolute atomic E-state index is 0.0807. The van der Waals surface area contributed by atoms with Crippen molar-refractivity contribution < 1.29 is 9.59 Å². The summed E-state index contributed by atoms with van der Waals surface area (Å²) in [5.41, 5.74) is 3.75. The maximum Gasteiger partial charge on any atom is 0.236 e. The fraction of sp³-hybridized carbons (Fsp3) is 0.263. The van der Waals surface area contributed by atoms with E-state index in [0.717, 1.165) is 33.4 Å². The molecule has 1 heterocycles. The Balaban J connectivity index is 1.70. The third kappa shape index (κ3) is 3.36. The van der Waals surface area contributed by atoms with Crippen molar-refractivity contribution in [3.05, 3.63) is 58.1 Å². The number of benzene rings is 2. The van der Waals surface area contributed by atoms with Gasteiger partial charge in [-0.1, -0.05) is 34.1 Å². The number of carbonyl (C=O) groups is 2. The molecule has 1 unspecified atom stereocenters. The third-order valence-electron chi connectivity index (χ3n) is 4.25. The second kappa shape index (κ2) is 6.77. The predicted octanol–water partition coefficient (Wildman–Crippen LogP) is 4.06. The number of nitrogens with zero attached hydrogens (tertiary/aromatic N) is 1. The summed E-state index contributed by atoms with van der Waals surface area (Å²) in [6, 6.07) is 13.6. The summed E-state index contributed by atoms with van der Waals surface area (Å²) in [5, 5.41) is 2.82. The molecule has 1 atom stereocenters. The number of nitrogens with one attached hydrogen (secondary N) is 1. The minimum atomic E-state index is -0.290. The summed E-state index contributed by atoms with van der Waals surface area (Å²) >= 11 is 3.40. The molecule has 2 aromatic rings. The van der Waals surface area contributed by atoms with E-state index in [1.54, 1.807) is 4.90 Å². The van der Waals surface area contributed by atoms with Crippen molar-refractivity contribution in [3.8, 4) is 0 Å². The number of hydrogen-bond acceptors (Lipinski definition) is 2. The summed E-state index contributed by atoms with van der Waals surface area (Å²) in [7, 11) is 0. The Morgan fingerprint density at radius 3 is 2.75 bits per heavy atom. The lowest BCUT2D eigenvalue weighted by Gasteiger charge is -2.22. The van der Waals surface area contributed by atoms with E-state index < -0.39 is 0 Å². The number of aryl methyl sites for hydroxylation is 1. The van der Waals surface area contributed by atoms with Crippen molar-refractivity contribution in [1.82, 2.24) is 0 Å². The molecule has 124 valence electrons. The minimum Gasteiger partial charge on any atom is -0.325 e. The van der Waals surface area contributed by atoms with E-state index in [2.05, 4.69) is 21.2 Å². The molecular weight excluding hydrogens is 368 g/mol. The Morgan fingerprint density at radius 1 is 1.25 bits per heavy atom. The summed E-state index contributed by atoms with van der Waals surface area (Å²) in [6.45, 7) is 3.93. The topological polar surface area (TPSA) is 49.4 Å². The molecule has 0 spiro atoms. The van der Waals surface area contributed by atoms with E-state index in [-0.39, 0.29) is 24.3 Å². The molecule has 0 radical (unpaired) electrons. The number of halogens is 1. The van der Waals surface area contributed by atoms with Crippen LogP contribution >= 0.6 is 15.9 Å². The van der Waals surface area contributed by atoms with Gasteiger partial charge in [-0.15, -0.1) is 0 Å². The maximum atomic E-state index is 12.6. The highest BCUT2D eigenvalue weighted by Crippen LogP contribution is 2.32. The molecule has 4 nitrogen and oxygen atoms in total. The first-order valence-corrected chi connectivity index (χ1v) is 8.71. The molecule has 1 aliphatic heterocycles. The zero-order chi connectivity index (χ0) is 17.3. The fourth-order valence-electron chi connectivity index (χ4n) is 3.13. The molecule has 0 saturated carbocycles. The van der Waals surface area contributed by atoms with Gasteiger partial charge in [0.25, 0.3) is 0 Å². The van der Waals surface area contributed by atoms with Crippen LogP contribution in [0.4, 0.5) is 11.4 Å². The molecule has 0 aliphatic carbocycles. The van der Waals surface area contributed by atoms with Gasteiger partial charge in [-0.2, -0.15) is 0 Å². The first kappa shape index (κ1) is 16.7. The summed E-state index contributed by atoms with van der Waals surface area (Å²) in [6.07, 6.45) is 0.670. The van der Waals surface area contributed by atoms with Crippen molar-refractivity contribution >= 4 is 39.1 Å². The van der Waals surface area contributed by atoms with Crippen molar-refractivity contribution in [3.63, 3.8) is 0 Å². The van der Waals surface area contributed by atoms with Gasteiger partial charge in [0.2, 0.25) is 11.8 Å². The van der Waals surface area contributed by atoms with Crippen LogP contribution in [0, 0.1) is 6.92 Å². The highest BCUT2D eigenvalue weighted by molar-refractivity contribution is 9.10. The molecule has 0 saturated heterocycles. The average Bonchev–Trinajstić information content (AvgIpc) is 2.85. The first-order valence-electron chi connectivity index (χ1n) is 7.91. The van der Waals surface area contributed by atoms with Crippen molar-refractivity contribution in [2.75, 3.05) is 10.2 Å². The fourth-order valence-corrected chi connectivity index (χ4v) is 3.61. The zero-order valence-electron chi connectivity index (χ0n) is 13.7. The normalized spacial score (nSPS) is 16.0. The number of carbonyl (C=O) groups excluding carboxylic acids is 2. The van der Waals surface area contributed by atoms with Crippen molar-refractivity contribution in [2.45, 2.75) is 32.7 Å². The van der Waals surface area contributed by atoms with Crippen LogP contribution in [0.15, 0.2) is 46.9 Å². The smallest absolute Gasteiger partial charge is 0.236 e. The Bertz CT molecular complexity index is 804. The third-order valence-corrected chi connectivity index (χ3v) is 4.74. The zero-order valence-corrected chi connectivity index (χ0v) is 15.3. The standard InChI is InChI=1S/C19H19BrN2O2/c1-12-9-15(20)7-8-16(12)21-18(23)11-19(24)22-13(2)10-14-5-3-4-6-17(14)22/h3-9,13H,10-11H2,1-2H3,(H,21,23). The molecular formula is C19H19BrN2O2. The number of amides is 2. The quantitative estimate of drug-likeness (QED) is 0.808. The lowest BCUT2D eigenvalue weighted by atomic mass is 10.1. The number of para-hydroxylation sites is 1. The molecule has 1 N–H and O–H groups in total. The Morgan fingerprint density at radius 2 is 2.00 bits per heavy atom. The molecule has 2 aromatic carbocycles. The van der Waals surface area contributed by atoms with Crippen molar-refractivity contribution in [1.29, 1.82) is 0 Å². The molecule has 24 heavy (non-hydrogen) atoms. The van der Waals surface area contributed by atoms with Gasteiger partial charge in [0.1, 0.15) is 6.42 Å². The summed E-state index contributed by atoms with van der Waals surface area (Å²) < 4.78 is 0.955. The van der Waals surface area contributed by atoms with Gasteiger partial charge in [-0.05, 0) is 55.7 Å². The molecule has 3 rings (SSSR count). The van der Waals surface area contributed by atoms with E-state index in [4.69, 9.17) is 0 Å². The Hall–Kier alpha value is -2.14. The number of hydrogen-bond donors (Lipinski definition) is 1. The molecule has 0 fully saturated rings. The molecule has 5 heteroatoms. The van der Waals surface area contributed by atoms with Crippen LogP contribution < -0.4 is 10.2 Å². The second-order valence-electron chi connectivity index (χ2n) is 6.13. The van der Waals surface area contributed by atoms with Gasteiger partial charge in [-0.3, -0.25) is 9.59 Å². The van der Waals surface area contributed by atoms with Gasteiger partial charge < -0.3 is 10.2 Å². The maximum absolute atomic E-state index is 12.6. The first-order chi connectivity index (χ1) is 11.5. The van der Waals surface area contributed by atoms with Crippen LogP contribution in [0.3, 0.4) is 0 Å². The second-order valence-corrected chi connectivity index (χ2v) is 7.05. The highest BCUT2D eigenvalue weighted by Gasteiger charge is 2.31. The Labute approximate surface area is 150 Å². The van der Waals surface area contributed by atoms with Gasteiger partial charge in [0, 0.05) is 21.9 Å². The SMILES string of the molecule is Cc1cc(Br)ccc1NC(=O)CC(=O)N1c2ccccc2CC1C. The number of anilines is 2. The van der Waals surface area contributed by atoms with E-state index in [1.807, 2.05) is 56.3 Å². The lowest BCUT2D eigenvalue weighted by Crippen LogP contribution is -2.37. The molecule has 2 amide bonds. The summed E-state index contributed by atoms with van der Waals surface area (Å²) in [5.74, 6) is -0.457. The van der Waals surface area contributed by atoms with Gasteiger partial charge >= 0.3 is 0 Å².